The number of sulfonamides is 1. The summed E-state index contributed by atoms with van der Waals surface area (Å²) in [5.74, 6) is 2.35. The van der Waals surface area contributed by atoms with E-state index in [4.69, 9.17) is 0 Å². The molecule has 7 heterocycles. The SMILES string of the molecule is O=c1cccc2n1CC1CC2CN(CC2CN3CCC2CC3CNS(=O)(=O)c2cccs2)C1. The quantitative estimate of drug-likeness (QED) is 0.674. The highest BCUT2D eigenvalue weighted by Crippen LogP contribution is 2.39. The Bertz CT molecular complexity index is 1160. The van der Waals surface area contributed by atoms with Crippen molar-refractivity contribution in [3.05, 3.63) is 51.8 Å². The summed E-state index contributed by atoms with van der Waals surface area (Å²) in [5.41, 5.74) is 1.37. The molecule has 9 heteroatoms. The average Bonchev–Trinajstić information content (AvgIpc) is 3.35. The van der Waals surface area contributed by atoms with E-state index >= 15 is 0 Å². The second-order valence-electron chi connectivity index (χ2n) is 10.4. The van der Waals surface area contributed by atoms with Gasteiger partial charge in [0.15, 0.2) is 0 Å². The maximum absolute atomic E-state index is 12.5. The summed E-state index contributed by atoms with van der Waals surface area (Å²) in [6.45, 7) is 6.76. The number of fused-ring (bicyclic) bond motifs is 7. The monoisotopic (exact) mass is 488 g/mol. The number of piperidine rings is 4. The lowest BCUT2D eigenvalue weighted by atomic mass is 9.74. The number of nitrogens with zero attached hydrogens (tertiary/aromatic N) is 3. The molecule has 4 saturated heterocycles. The fourth-order valence-electron chi connectivity index (χ4n) is 6.84. The molecule has 0 amide bonds. The van der Waals surface area contributed by atoms with Crippen LogP contribution in [0.1, 0.15) is 30.9 Å². The van der Waals surface area contributed by atoms with Crippen LogP contribution in [0.5, 0.6) is 0 Å². The molecule has 4 bridgehead atoms. The molecule has 0 saturated carbocycles. The highest BCUT2D eigenvalue weighted by atomic mass is 32.2. The second-order valence-corrected chi connectivity index (χ2v) is 13.3. The van der Waals surface area contributed by atoms with E-state index < -0.39 is 10.0 Å². The molecule has 5 aliphatic rings. The highest BCUT2D eigenvalue weighted by molar-refractivity contribution is 7.91. The van der Waals surface area contributed by atoms with Crippen LogP contribution < -0.4 is 10.3 Å². The fourth-order valence-corrected chi connectivity index (χ4v) is 8.95. The first-order valence-electron chi connectivity index (χ1n) is 12.2. The van der Waals surface area contributed by atoms with Crippen molar-refractivity contribution in [3.63, 3.8) is 0 Å². The van der Waals surface area contributed by atoms with Gasteiger partial charge in [0.2, 0.25) is 10.0 Å². The summed E-state index contributed by atoms with van der Waals surface area (Å²) < 4.78 is 30.3. The van der Waals surface area contributed by atoms with Crippen LogP contribution in [-0.2, 0) is 16.6 Å². The lowest BCUT2D eigenvalue weighted by Gasteiger charge is -2.52. The summed E-state index contributed by atoms with van der Waals surface area (Å²) in [5, 5.41) is 1.80. The largest absolute Gasteiger partial charge is 0.312 e. The van der Waals surface area contributed by atoms with E-state index in [0.717, 1.165) is 45.7 Å². The number of rotatable bonds is 6. The van der Waals surface area contributed by atoms with Crippen LogP contribution in [0.3, 0.4) is 0 Å². The second kappa shape index (κ2) is 8.61. The lowest BCUT2D eigenvalue weighted by Crippen LogP contribution is -2.59. The summed E-state index contributed by atoms with van der Waals surface area (Å²) >= 11 is 1.27. The van der Waals surface area contributed by atoms with E-state index in [9.17, 15) is 13.2 Å². The van der Waals surface area contributed by atoms with Gasteiger partial charge in [-0.25, -0.2) is 13.1 Å². The average molecular weight is 489 g/mol. The summed E-state index contributed by atoms with van der Waals surface area (Å²) in [4.78, 5) is 17.5. The molecule has 33 heavy (non-hydrogen) atoms. The normalized spacial score (nSPS) is 33.7. The molecular formula is C24H32N4O3S2. The van der Waals surface area contributed by atoms with Gasteiger partial charge < -0.3 is 9.47 Å². The van der Waals surface area contributed by atoms with E-state index in [2.05, 4.69) is 20.6 Å². The minimum atomic E-state index is -3.40. The lowest BCUT2D eigenvalue weighted by molar-refractivity contribution is -0.0187. The summed E-state index contributed by atoms with van der Waals surface area (Å²) in [6.07, 6.45) is 3.50. The van der Waals surface area contributed by atoms with Gasteiger partial charge in [-0.3, -0.25) is 9.69 Å². The van der Waals surface area contributed by atoms with Crippen LogP contribution in [0.4, 0.5) is 0 Å². The molecule has 7 rings (SSSR count). The maximum atomic E-state index is 12.5. The van der Waals surface area contributed by atoms with Gasteiger partial charge in [-0.15, -0.1) is 11.3 Å². The van der Waals surface area contributed by atoms with Crippen molar-refractivity contribution >= 4 is 21.4 Å². The first-order valence-corrected chi connectivity index (χ1v) is 14.5. The minimum Gasteiger partial charge on any atom is -0.312 e. The third kappa shape index (κ3) is 4.23. The minimum absolute atomic E-state index is 0.147. The van der Waals surface area contributed by atoms with E-state index in [1.165, 1.54) is 29.9 Å². The number of thiophene rings is 1. The first-order chi connectivity index (χ1) is 16.0. The number of hydrogen-bond acceptors (Lipinski definition) is 6. The number of aromatic nitrogens is 1. The molecule has 4 fully saturated rings. The molecule has 2 aromatic heterocycles. The molecule has 0 spiro atoms. The zero-order valence-electron chi connectivity index (χ0n) is 18.8. The predicted molar refractivity (Wildman–Crippen MR) is 129 cm³/mol. The number of likely N-dealkylation sites (tertiary alicyclic amines) is 1. The fraction of sp³-hybridized carbons (Fsp3) is 0.625. The number of hydrogen-bond donors (Lipinski definition) is 1. The molecule has 1 N–H and O–H groups in total. The van der Waals surface area contributed by atoms with E-state index in [0.29, 0.717) is 40.5 Å². The van der Waals surface area contributed by atoms with Crippen molar-refractivity contribution in [2.24, 2.45) is 17.8 Å². The standard InChI is InChI=1S/C24H32N4O3S2/c29-23-4-1-3-22-19-9-17(13-28(22)23)12-26(14-19)15-20-16-27-7-6-18(20)10-21(27)11-25-33(30,31)24-5-2-8-32-24/h1-5,8,17-21,25H,6-7,9-16H2. The molecule has 5 aliphatic heterocycles. The van der Waals surface area contributed by atoms with Crippen LogP contribution in [0.2, 0.25) is 0 Å². The zero-order valence-corrected chi connectivity index (χ0v) is 20.4. The Morgan fingerprint density at radius 3 is 2.76 bits per heavy atom. The first kappa shape index (κ1) is 22.0. The van der Waals surface area contributed by atoms with Gasteiger partial charge in [-0.05, 0) is 61.1 Å². The molecule has 0 aliphatic carbocycles. The van der Waals surface area contributed by atoms with Crippen molar-refractivity contribution in [3.8, 4) is 0 Å². The molecule has 6 unspecified atom stereocenters. The van der Waals surface area contributed by atoms with Crippen molar-refractivity contribution in [2.45, 2.75) is 42.0 Å². The molecule has 0 aromatic carbocycles. The van der Waals surface area contributed by atoms with Crippen molar-refractivity contribution in [1.29, 1.82) is 0 Å². The Hall–Kier alpha value is -1.52. The van der Waals surface area contributed by atoms with Crippen LogP contribution >= 0.6 is 11.3 Å². The van der Waals surface area contributed by atoms with Gasteiger partial charge in [0.05, 0.1) is 0 Å². The molecule has 7 nitrogen and oxygen atoms in total. The van der Waals surface area contributed by atoms with Gasteiger partial charge in [-0.2, -0.15) is 0 Å². The Labute approximate surface area is 199 Å². The Morgan fingerprint density at radius 1 is 1.06 bits per heavy atom. The van der Waals surface area contributed by atoms with Crippen molar-refractivity contribution in [1.82, 2.24) is 19.1 Å². The van der Waals surface area contributed by atoms with E-state index in [1.54, 1.807) is 23.6 Å². The van der Waals surface area contributed by atoms with Gasteiger partial charge >= 0.3 is 0 Å². The zero-order chi connectivity index (χ0) is 22.6. The van der Waals surface area contributed by atoms with E-state index in [-0.39, 0.29) is 5.56 Å². The molecule has 6 atom stereocenters. The maximum Gasteiger partial charge on any atom is 0.250 e. The predicted octanol–water partition coefficient (Wildman–Crippen LogP) is 2.02. The summed E-state index contributed by atoms with van der Waals surface area (Å²) in [7, 11) is -3.40. The number of pyridine rings is 1. The summed E-state index contributed by atoms with van der Waals surface area (Å²) in [6, 6.07) is 9.48. The van der Waals surface area contributed by atoms with Gasteiger partial charge in [-0.1, -0.05) is 12.1 Å². The van der Waals surface area contributed by atoms with Gasteiger partial charge in [0.25, 0.3) is 5.56 Å². The van der Waals surface area contributed by atoms with Crippen molar-refractivity contribution < 1.29 is 8.42 Å². The third-order valence-electron chi connectivity index (χ3n) is 8.33. The Balaban J connectivity index is 1.07. The van der Waals surface area contributed by atoms with Crippen LogP contribution in [0.25, 0.3) is 0 Å². The Kier molecular flexibility index (Phi) is 5.73. The third-order valence-corrected chi connectivity index (χ3v) is 11.2. The van der Waals surface area contributed by atoms with Crippen LogP contribution in [-0.4, -0.2) is 68.1 Å². The molecular weight excluding hydrogens is 456 g/mol. The topological polar surface area (TPSA) is 74.7 Å². The van der Waals surface area contributed by atoms with Crippen molar-refractivity contribution in [2.75, 3.05) is 39.3 Å². The van der Waals surface area contributed by atoms with E-state index in [1.807, 2.05) is 10.6 Å². The number of nitrogens with one attached hydrogen (secondary N) is 1. The van der Waals surface area contributed by atoms with Crippen LogP contribution in [0, 0.1) is 17.8 Å². The van der Waals surface area contributed by atoms with Gasteiger partial charge in [0.1, 0.15) is 4.21 Å². The smallest absolute Gasteiger partial charge is 0.250 e. The highest BCUT2D eigenvalue weighted by Gasteiger charge is 2.42. The van der Waals surface area contributed by atoms with Gasteiger partial charge in [0, 0.05) is 63.0 Å². The molecule has 0 radical (unpaired) electrons. The Morgan fingerprint density at radius 2 is 1.97 bits per heavy atom. The van der Waals surface area contributed by atoms with Crippen LogP contribution in [0.15, 0.2) is 44.7 Å². The molecule has 2 aromatic rings. The molecule has 178 valence electrons.